The summed E-state index contributed by atoms with van der Waals surface area (Å²) in [5.41, 5.74) is 0. The number of aryl methyl sites for hydroxylation is 1. The van der Waals surface area contributed by atoms with Crippen molar-refractivity contribution >= 4 is 11.6 Å². The summed E-state index contributed by atoms with van der Waals surface area (Å²) in [4.78, 5) is 10.8. The molecule has 0 atom stereocenters. The van der Waals surface area contributed by atoms with Crippen molar-refractivity contribution in [1.29, 1.82) is 0 Å². The fourth-order valence-corrected chi connectivity index (χ4v) is 1.79. The highest BCUT2D eigenvalue weighted by Gasteiger charge is 2.35. The maximum atomic E-state index is 12.6. The summed E-state index contributed by atoms with van der Waals surface area (Å²) in [6, 6.07) is 1.28. The van der Waals surface area contributed by atoms with Gasteiger partial charge in [0, 0.05) is 24.9 Å². The molecule has 8 heteroatoms. The second kappa shape index (κ2) is 5.16. The molecule has 2 aromatic heterocycles. The summed E-state index contributed by atoms with van der Waals surface area (Å²) >= 11 is 5.62. The van der Waals surface area contributed by atoms with Crippen LogP contribution in [0.4, 0.5) is 13.2 Å². The smallest absolute Gasteiger partial charge is 0.288 e. The van der Waals surface area contributed by atoms with Crippen molar-refractivity contribution in [3.05, 3.63) is 35.3 Å². The van der Waals surface area contributed by atoms with E-state index in [4.69, 9.17) is 11.6 Å². The van der Waals surface area contributed by atoms with Crippen LogP contribution in [0.2, 0.25) is 5.15 Å². The lowest BCUT2D eigenvalue weighted by atomic mass is 10.3. The van der Waals surface area contributed by atoms with E-state index in [-0.39, 0.29) is 11.0 Å². The molecule has 0 fully saturated rings. The molecule has 0 unspecified atom stereocenters. The summed E-state index contributed by atoms with van der Waals surface area (Å²) in [5, 5.41) is -0.256. The number of halogens is 4. The zero-order valence-corrected chi connectivity index (χ0v) is 10.7. The van der Waals surface area contributed by atoms with Crippen LogP contribution >= 0.6 is 11.6 Å². The van der Waals surface area contributed by atoms with Crippen molar-refractivity contribution in [2.24, 2.45) is 0 Å². The third kappa shape index (κ3) is 3.04. The number of rotatable bonds is 3. The van der Waals surface area contributed by atoms with E-state index in [2.05, 4.69) is 15.0 Å². The minimum atomic E-state index is -4.63. The van der Waals surface area contributed by atoms with Gasteiger partial charge in [0.15, 0.2) is 0 Å². The highest BCUT2D eigenvalue weighted by Crippen LogP contribution is 2.28. The second-order valence-electron chi connectivity index (χ2n) is 3.83. The minimum absolute atomic E-state index is 0.0632. The topological polar surface area (TPSA) is 43.6 Å². The Morgan fingerprint density at radius 2 is 2.05 bits per heavy atom. The van der Waals surface area contributed by atoms with E-state index in [0.29, 0.717) is 12.2 Å². The molecule has 0 amide bonds. The van der Waals surface area contributed by atoms with Gasteiger partial charge in [-0.25, -0.2) is 15.0 Å². The van der Waals surface area contributed by atoms with Crippen molar-refractivity contribution in [3.8, 4) is 5.82 Å². The van der Waals surface area contributed by atoms with Gasteiger partial charge in [-0.15, -0.1) is 0 Å². The SMILES string of the molecule is CCCc1nccn1-c1cc(Cl)nc(C(F)(F)F)n1. The summed E-state index contributed by atoms with van der Waals surface area (Å²) < 4.78 is 39.4. The lowest BCUT2D eigenvalue weighted by Gasteiger charge is -2.10. The predicted octanol–water partition coefficient (Wildman–Crippen LogP) is 3.29. The van der Waals surface area contributed by atoms with Crippen LogP contribution in [-0.4, -0.2) is 19.5 Å². The maximum absolute atomic E-state index is 12.6. The van der Waals surface area contributed by atoms with Gasteiger partial charge >= 0.3 is 6.18 Å². The Hall–Kier alpha value is -1.63. The maximum Gasteiger partial charge on any atom is 0.451 e. The molecule has 0 aromatic carbocycles. The monoisotopic (exact) mass is 290 g/mol. The molecule has 0 spiro atoms. The van der Waals surface area contributed by atoms with E-state index >= 15 is 0 Å². The molecule has 2 rings (SSSR count). The highest BCUT2D eigenvalue weighted by molar-refractivity contribution is 6.29. The van der Waals surface area contributed by atoms with Crippen LogP contribution in [0.15, 0.2) is 18.5 Å². The van der Waals surface area contributed by atoms with Crippen LogP contribution in [0.25, 0.3) is 5.82 Å². The first kappa shape index (κ1) is 13.8. The van der Waals surface area contributed by atoms with Crippen molar-refractivity contribution in [2.45, 2.75) is 25.9 Å². The van der Waals surface area contributed by atoms with Crippen LogP contribution in [0.1, 0.15) is 25.0 Å². The highest BCUT2D eigenvalue weighted by atomic mass is 35.5. The molecule has 0 radical (unpaired) electrons. The van der Waals surface area contributed by atoms with E-state index in [9.17, 15) is 13.2 Å². The van der Waals surface area contributed by atoms with Crippen LogP contribution in [0.5, 0.6) is 0 Å². The van der Waals surface area contributed by atoms with Gasteiger partial charge in [0.05, 0.1) is 0 Å². The molecule has 0 N–H and O–H groups in total. The Labute approximate surface area is 112 Å². The summed E-state index contributed by atoms with van der Waals surface area (Å²) in [7, 11) is 0. The van der Waals surface area contributed by atoms with Crippen LogP contribution in [0, 0.1) is 0 Å². The molecule has 0 saturated heterocycles. The Morgan fingerprint density at radius 1 is 1.32 bits per heavy atom. The van der Waals surface area contributed by atoms with Crippen molar-refractivity contribution in [2.75, 3.05) is 0 Å². The van der Waals surface area contributed by atoms with E-state index < -0.39 is 12.0 Å². The van der Waals surface area contributed by atoms with Gasteiger partial charge in [-0.1, -0.05) is 18.5 Å². The number of aromatic nitrogens is 4. The summed E-state index contributed by atoms with van der Waals surface area (Å²) in [6.07, 6.45) is -0.124. The van der Waals surface area contributed by atoms with E-state index in [0.717, 1.165) is 6.42 Å². The molecular weight excluding hydrogens is 281 g/mol. The lowest BCUT2D eigenvalue weighted by molar-refractivity contribution is -0.145. The lowest BCUT2D eigenvalue weighted by Crippen LogP contribution is -2.14. The zero-order valence-electron chi connectivity index (χ0n) is 9.95. The molecule has 102 valence electrons. The Balaban J connectivity index is 2.50. The molecule has 0 bridgehead atoms. The third-order valence-corrected chi connectivity index (χ3v) is 2.57. The predicted molar refractivity (Wildman–Crippen MR) is 63.2 cm³/mol. The van der Waals surface area contributed by atoms with Crippen molar-refractivity contribution < 1.29 is 13.2 Å². The Morgan fingerprint density at radius 3 is 2.68 bits per heavy atom. The van der Waals surface area contributed by atoms with Crippen molar-refractivity contribution in [1.82, 2.24) is 19.5 Å². The molecule has 19 heavy (non-hydrogen) atoms. The van der Waals surface area contributed by atoms with Gasteiger partial charge in [-0.3, -0.25) is 4.57 Å². The largest absolute Gasteiger partial charge is 0.451 e. The normalized spacial score (nSPS) is 11.8. The average molecular weight is 291 g/mol. The fraction of sp³-hybridized carbons (Fsp3) is 0.364. The number of hydrogen-bond acceptors (Lipinski definition) is 3. The zero-order chi connectivity index (χ0) is 14.0. The van der Waals surface area contributed by atoms with E-state index in [1.165, 1.54) is 16.8 Å². The summed E-state index contributed by atoms with van der Waals surface area (Å²) in [6.45, 7) is 1.95. The average Bonchev–Trinajstić information content (AvgIpc) is 2.76. The molecule has 2 aromatic rings. The second-order valence-corrected chi connectivity index (χ2v) is 4.22. The molecule has 0 aliphatic rings. The number of alkyl halides is 3. The van der Waals surface area contributed by atoms with E-state index in [1.807, 2.05) is 6.92 Å². The van der Waals surface area contributed by atoms with Crippen LogP contribution < -0.4 is 0 Å². The van der Waals surface area contributed by atoms with Crippen LogP contribution in [-0.2, 0) is 12.6 Å². The molecule has 0 aliphatic carbocycles. The number of hydrogen-bond donors (Lipinski definition) is 0. The Bertz CT molecular complexity index is 580. The Kier molecular flexibility index (Phi) is 3.75. The molecule has 4 nitrogen and oxygen atoms in total. The first-order chi connectivity index (χ1) is 8.91. The fourth-order valence-electron chi connectivity index (χ4n) is 1.61. The minimum Gasteiger partial charge on any atom is -0.288 e. The van der Waals surface area contributed by atoms with Gasteiger partial charge in [-0.2, -0.15) is 13.2 Å². The van der Waals surface area contributed by atoms with Gasteiger partial charge < -0.3 is 0 Å². The molecule has 0 aliphatic heterocycles. The summed E-state index contributed by atoms with van der Waals surface area (Å²) in [5.74, 6) is -0.565. The quantitative estimate of drug-likeness (QED) is 0.815. The van der Waals surface area contributed by atoms with Gasteiger partial charge in [0.25, 0.3) is 0 Å². The number of nitrogens with zero attached hydrogens (tertiary/aromatic N) is 4. The number of imidazole rings is 1. The molecular formula is C11H10ClF3N4. The first-order valence-corrected chi connectivity index (χ1v) is 5.94. The van der Waals surface area contributed by atoms with Gasteiger partial charge in [0.2, 0.25) is 5.82 Å². The van der Waals surface area contributed by atoms with Crippen molar-refractivity contribution in [3.63, 3.8) is 0 Å². The first-order valence-electron chi connectivity index (χ1n) is 5.56. The third-order valence-electron chi connectivity index (χ3n) is 2.37. The standard InChI is InChI=1S/C11H10ClF3N4/c1-2-3-8-16-4-5-19(8)9-6-7(12)17-10(18-9)11(13,14)15/h4-6H,2-3H2,1H3. The van der Waals surface area contributed by atoms with E-state index in [1.54, 1.807) is 6.20 Å². The van der Waals surface area contributed by atoms with Gasteiger partial charge in [0.1, 0.15) is 16.8 Å². The van der Waals surface area contributed by atoms with Crippen LogP contribution in [0.3, 0.4) is 0 Å². The van der Waals surface area contributed by atoms with Gasteiger partial charge in [-0.05, 0) is 6.42 Å². The molecule has 2 heterocycles. The molecule has 0 saturated carbocycles.